The molecule has 0 atom stereocenters. The van der Waals surface area contributed by atoms with E-state index >= 15 is 0 Å². The first-order valence-electron chi connectivity index (χ1n) is 17.9. The van der Waals surface area contributed by atoms with Crippen LogP contribution in [0.4, 0.5) is 0 Å². The first-order valence-corrected chi connectivity index (χ1v) is 17.9. The molecule has 2 heterocycles. The molecule has 0 unspecified atom stereocenters. The summed E-state index contributed by atoms with van der Waals surface area (Å²) in [6, 6.07) is 67.9. The van der Waals surface area contributed by atoms with E-state index in [1.54, 1.807) is 0 Å². The van der Waals surface area contributed by atoms with Crippen molar-refractivity contribution in [3.8, 4) is 39.1 Å². The fourth-order valence-corrected chi connectivity index (χ4v) is 8.56. The molecule has 0 aliphatic heterocycles. The topological polar surface area (TPSA) is 18.1 Å². The Kier molecular flexibility index (Phi) is 6.28. The largest absolute Gasteiger partial charge is 0.456 e. The summed E-state index contributed by atoms with van der Waals surface area (Å²) in [6.07, 6.45) is 0. The van der Waals surface area contributed by atoms with Gasteiger partial charge in [0.25, 0.3) is 0 Å². The zero-order valence-corrected chi connectivity index (χ0v) is 28.3. The molecular weight excluding hydrogens is 631 g/mol. The molecule has 2 heteroatoms. The summed E-state index contributed by atoms with van der Waals surface area (Å²) in [5.74, 6) is 0. The number of benzene rings is 9. The van der Waals surface area contributed by atoms with Crippen LogP contribution in [-0.4, -0.2) is 4.57 Å². The zero-order valence-electron chi connectivity index (χ0n) is 28.3. The average Bonchev–Trinajstić information content (AvgIpc) is 3.76. The van der Waals surface area contributed by atoms with E-state index in [-0.39, 0.29) is 0 Å². The number of fused-ring (bicyclic) bond motifs is 8. The molecule has 11 aromatic rings. The highest BCUT2D eigenvalue weighted by Gasteiger charge is 2.21. The van der Waals surface area contributed by atoms with E-state index in [9.17, 15) is 0 Å². The van der Waals surface area contributed by atoms with Gasteiger partial charge in [-0.25, -0.2) is 0 Å². The van der Waals surface area contributed by atoms with Crippen molar-refractivity contribution in [3.63, 3.8) is 0 Å². The van der Waals surface area contributed by atoms with Gasteiger partial charge in [-0.15, -0.1) is 0 Å². The van der Waals surface area contributed by atoms with Crippen molar-refractivity contribution in [2.24, 2.45) is 0 Å². The van der Waals surface area contributed by atoms with E-state index < -0.39 is 0 Å². The first-order chi connectivity index (χ1) is 25.8. The minimum atomic E-state index is 0.898. The second kappa shape index (κ2) is 11.3. The quantitative estimate of drug-likeness (QED) is 0.172. The predicted octanol–water partition coefficient (Wildman–Crippen LogP) is 14.0. The van der Waals surface area contributed by atoms with Gasteiger partial charge in [0.15, 0.2) is 0 Å². The third-order valence-corrected chi connectivity index (χ3v) is 10.8. The Morgan fingerprint density at radius 3 is 1.65 bits per heavy atom. The summed E-state index contributed by atoms with van der Waals surface area (Å²) in [7, 11) is 0. The molecule has 0 saturated carbocycles. The van der Waals surface area contributed by atoms with Gasteiger partial charge >= 0.3 is 0 Å². The van der Waals surface area contributed by atoms with Gasteiger partial charge in [-0.3, -0.25) is 0 Å². The van der Waals surface area contributed by atoms with Crippen molar-refractivity contribution in [1.82, 2.24) is 4.57 Å². The number of furan rings is 1. The van der Waals surface area contributed by atoms with E-state index in [2.05, 4.69) is 193 Å². The normalized spacial score (nSPS) is 11.8. The molecule has 11 rings (SSSR count). The molecule has 0 N–H and O–H groups in total. The number of aromatic nitrogens is 1. The average molecular weight is 662 g/mol. The number of rotatable bonds is 4. The SMILES string of the molecule is c1ccc(-c2ccc3c(c2)oc2cccc(-c4c5ccccc5c(-c5ccc6c(c5)c5ccccc5n6-c5ccccc5)c5ccccc45)c23)cc1. The Hall–Kier alpha value is -6.90. The Labute approximate surface area is 300 Å². The minimum Gasteiger partial charge on any atom is -0.456 e. The van der Waals surface area contributed by atoms with Gasteiger partial charge in [-0.05, 0) is 103 Å². The molecule has 242 valence electrons. The zero-order chi connectivity index (χ0) is 34.2. The van der Waals surface area contributed by atoms with Gasteiger partial charge < -0.3 is 8.98 Å². The summed E-state index contributed by atoms with van der Waals surface area (Å²) in [5.41, 5.74) is 12.6. The molecule has 0 aliphatic carbocycles. The summed E-state index contributed by atoms with van der Waals surface area (Å²) in [5, 5.41) is 9.70. The van der Waals surface area contributed by atoms with Crippen LogP contribution < -0.4 is 0 Å². The molecule has 0 fully saturated rings. The van der Waals surface area contributed by atoms with Gasteiger partial charge in [0, 0.05) is 27.2 Å². The summed E-state index contributed by atoms with van der Waals surface area (Å²) in [4.78, 5) is 0. The number of para-hydroxylation sites is 2. The van der Waals surface area contributed by atoms with Crippen LogP contribution in [0.2, 0.25) is 0 Å². The molecule has 0 spiro atoms. The van der Waals surface area contributed by atoms with Gasteiger partial charge in [0.05, 0.1) is 11.0 Å². The van der Waals surface area contributed by atoms with E-state index in [4.69, 9.17) is 4.42 Å². The van der Waals surface area contributed by atoms with E-state index in [0.29, 0.717) is 0 Å². The Morgan fingerprint density at radius 2 is 0.923 bits per heavy atom. The molecule has 0 saturated heterocycles. The number of hydrogen-bond acceptors (Lipinski definition) is 1. The second-order valence-electron chi connectivity index (χ2n) is 13.6. The van der Waals surface area contributed by atoms with Gasteiger partial charge in [0.2, 0.25) is 0 Å². The fourth-order valence-electron chi connectivity index (χ4n) is 8.56. The molecule has 2 nitrogen and oxygen atoms in total. The van der Waals surface area contributed by atoms with Crippen molar-refractivity contribution in [3.05, 3.63) is 188 Å². The van der Waals surface area contributed by atoms with Crippen molar-refractivity contribution in [2.75, 3.05) is 0 Å². The van der Waals surface area contributed by atoms with Gasteiger partial charge in [-0.2, -0.15) is 0 Å². The lowest BCUT2D eigenvalue weighted by molar-refractivity contribution is 0.669. The number of hydrogen-bond donors (Lipinski definition) is 0. The first kappa shape index (κ1) is 28.9. The highest BCUT2D eigenvalue weighted by molar-refractivity contribution is 6.26. The second-order valence-corrected chi connectivity index (χ2v) is 13.6. The fraction of sp³-hybridized carbons (Fsp3) is 0. The maximum Gasteiger partial charge on any atom is 0.136 e. The molecule has 52 heavy (non-hydrogen) atoms. The highest BCUT2D eigenvalue weighted by atomic mass is 16.3. The lowest BCUT2D eigenvalue weighted by Crippen LogP contribution is -1.93. The number of nitrogens with zero attached hydrogens (tertiary/aromatic N) is 1. The van der Waals surface area contributed by atoms with Crippen LogP contribution in [0.15, 0.2) is 192 Å². The predicted molar refractivity (Wildman–Crippen MR) is 219 cm³/mol. The Bertz CT molecular complexity index is 3110. The lowest BCUT2D eigenvalue weighted by Gasteiger charge is -2.18. The van der Waals surface area contributed by atoms with Crippen LogP contribution in [0.1, 0.15) is 0 Å². The maximum absolute atomic E-state index is 6.60. The van der Waals surface area contributed by atoms with E-state index in [1.807, 2.05) is 0 Å². The van der Waals surface area contributed by atoms with Crippen LogP contribution in [0.3, 0.4) is 0 Å². The summed E-state index contributed by atoms with van der Waals surface area (Å²) >= 11 is 0. The maximum atomic E-state index is 6.60. The van der Waals surface area contributed by atoms with Crippen LogP contribution >= 0.6 is 0 Å². The van der Waals surface area contributed by atoms with Crippen LogP contribution in [0.25, 0.3) is 104 Å². The van der Waals surface area contributed by atoms with Gasteiger partial charge in [0.1, 0.15) is 11.2 Å². The van der Waals surface area contributed by atoms with Crippen molar-refractivity contribution in [1.29, 1.82) is 0 Å². The van der Waals surface area contributed by atoms with E-state index in [0.717, 1.165) is 27.5 Å². The molecule has 0 aliphatic rings. The third kappa shape index (κ3) is 4.25. The standard InChI is InChI=1S/C50H31NO/c1-3-14-32(15-4-1)33-26-28-41-47(31-33)52-46-25-13-23-42(50(41)46)49-39-21-9-7-19-37(39)48(38-20-8-10-22-40(38)49)34-27-29-45-43(30-34)36-18-11-12-24-44(36)51(45)35-16-5-2-6-17-35/h1-31H. The Morgan fingerprint density at radius 1 is 0.327 bits per heavy atom. The van der Waals surface area contributed by atoms with Crippen LogP contribution in [0.5, 0.6) is 0 Å². The monoisotopic (exact) mass is 661 g/mol. The van der Waals surface area contributed by atoms with Crippen molar-refractivity contribution in [2.45, 2.75) is 0 Å². The molecule has 0 amide bonds. The highest BCUT2D eigenvalue weighted by Crippen LogP contribution is 2.48. The Balaban J connectivity index is 1.18. The molecular formula is C50H31NO. The smallest absolute Gasteiger partial charge is 0.136 e. The molecule has 2 aromatic heterocycles. The third-order valence-electron chi connectivity index (χ3n) is 10.8. The van der Waals surface area contributed by atoms with E-state index in [1.165, 1.54) is 76.9 Å². The van der Waals surface area contributed by atoms with Crippen LogP contribution in [0, 0.1) is 0 Å². The van der Waals surface area contributed by atoms with Crippen molar-refractivity contribution < 1.29 is 4.42 Å². The lowest BCUT2D eigenvalue weighted by atomic mass is 9.84. The van der Waals surface area contributed by atoms with Gasteiger partial charge in [-0.1, -0.05) is 140 Å². The summed E-state index contributed by atoms with van der Waals surface area (Å²) in [6.45, 7) is 0. The van der Waals surface area contributed by atoms with Crippen LogP contribution in [-0.2, 0) is 0 Å². The molecule has 9 aromatic carbocycles. The minimum absolute atomic E-state index is 0.898. The molecule has 0 radical (unpaired) electrons. The summed E-state index contributed by atoms with van der Waals surface area (Å²) < 4.78 is 8.98. The molecule has 0 bridgehead atoms. The van der Waals surface area contributed by atoms with Crippen molar-refractivity contribution >= 4 is 65.3 Å².